The number of rotatable bonds is 10. The first-order valence-corrected chi connectivity index (χ1v) is 8.26. The van der Waals surface area contributed by atoms with Crippen LogP contribution < -0.4 is 0 Å². The highest BCUT2D eigenvalue weighted by atomic mass is 79.9. The van der Waals surface area contributed by atoms with Crippen LogP contribution in [0.4, 0.5) is 4.39 Å². The second-order valence-electron chi connectivity index (χ2n) is 4.86. The van der Waals surface area contributed by atoms with Crippen LogP contribution in [-0.2, 0) is 6.42 Å². The maximum atomic E-state index is 13.3. The summed E-state index contributed by atoms with van der Waals surface area (Å²) in [6, 6.07) is 7.13. The van der Waals surface area contributed by atoms with Gasteiger partial charge in [-0.3, -0.25) is 0 Å². The van der Waals surface area contributed by atoms with Gasteiger partial charge < -0.3 is 0 Å². The minimum Gasteiger partial charge on any atom is -0.207 e. The molecule has 1 aromatic carbocycles. The number of unbranched alkanes of at least 4 members (excludes halogenated alkanes) is 7. The Morgan fingerprint density at radius 3 is 1.94 bits per heavy atom. The second-order valence-corrected chi connectivity index (χ2v) is 5.65. The molecule has 0 atom stereocenters. The fourth-order valence-corrected chi connectivity index (χ4v) is 2.57. The highest BCUT2D eigenvalue weighted by Crippen LogP contribution is 2.13. The Hall–Kier alpha value is -0.370. The van der Waals surface area contributed by atoms with E-state index in [1.54, 1.807) is 12.1 Å². The third kappa shape index (κ3) is 7.15. The van der Waals surface area contributed by atoms with Crippen LogP contribution in [0.3, 0.4) is 0 Å². The van der Waals surface area contributed by atoms with Crippen molar-refractivity contribution < 1.29 is 4.39 Å². The van der Waals surface area contributed by atoms with Gasteiger partial charge in [0.25, 0.3) is 0 Å². The standard InChI is InChI=1S/C16H24BrF/c17-14-10-6-4-2-1-3-5-7-11-15-12-8-9-13-16(15)18/h8-9,12-13H,1-7,10-11,14H2. The first-order chi connectivity index (χ1) is 8.84. The Bertz CT molecular complexity index is 312. The van der Waals surface area contributed by atoms with Gasteiger partial charge in [0.1, 0.15) is 5.82 Å². The van der Waals surface area contributed by atoms with Gasteiger partial charge in [0.2, 0.25) is 0 Å². The van der Waals surface area contributed by atoms with Crippen molar-refractivity contribution in [1.29, 1.82) is 0 Å². The number of aryl methyl sites for hydroxylation is 1. The summed E-state index contributed by atoms with van der Waals surface area (Å²) in [5.74, 6) is -0.0488. The van der Waals surface area contributed by atoms with E-state index in [1.165, 1.54) is 44.9 Å². The van der Waals surface area contributed by atoms with Crippen LogP contribution in [0.1, 0.15) is 56.9 Å². The molecule has 102 valence electrons. The zero-order chi connectivity index (χ0) is 13.1. The molecule has 0 amide bonds. The molecule has 0 aliphatic carbocycles. The van der Waals surface area contributed by atoms with Gasteiger partial charge in [-0.2, -0.15) is 0 Å². The Balaban J connectivity index is 1.94. The number of hydrogen-bond donors (Lipinski definition) is 0. The maximum absolute atomic E-state index is 13.3. The summed E-state index contributed by atoms with van der Waals surface area (Å²) < 4.78 is 13.3. The number of benzene rings is 1. The summed E-state index contributed by atoms with van der Waals surface area (Å²) in [5, 5.41) is 1.13. The fourth-order valence-electron chi connectivity index (χ4n) is 2.17. The van der Waals surface area contributed by atoms with Crippen molar-refractivity contribution in [3.8, 4) is 0 Å². The van der Waals surface area contributed by atoms with Crippen molar-refractivity contribution in [3.63, 3.8) is 0 Å². The van der Waals surface area contributed by atoms with Crippen LogP contribution in [-0.4, -0.2) is 5.33 Å². The number of alkyl halides is 1. The molecule has 0 bridgehead atoms. The molecule has 0 N–H and O–H groups in total. The van der Waals surface area contributed by atoms with Crippen molar-refractivity contribution in [2.24, 2.45) is 0 Å². The molecule has 0 fully saturated rings. The van der Waals surface area contributed by atoms with Crippen LogP contribution in [0.5, 0.6) is 0 Å². The van der Waals surface area contributed by atoms with E-state index in [4.69, 9.17) is 0 Å². The average molecular weight is 315 g/mol. The zero-order valence-corrected chi connectivity index (χ0v) is 12.7. The minimum atomic E-state index is -0.0488. The van der Waals surface area contributed by atoms with E-state index < -0.39 is 0 Å². The smallest absolute Gasteiger partial charge is 0.126 e. The summed E-state index contributed by atoms with van der Waals surface area (Å²) in [6.07, 6.45) is 11.2. The van der Waals surface area contributed by atoms with Gasteiger partial charge in [0.05, 0.1) is 0 Å². The predicted molar refractivity (Wildman–Crippen MR) is 80.8 cm³/mol. The lowest BCUT2D eigenvalue weighted by atomic mass is 10.0. The lowest BCUT2D eigenvalue weighted by Gasteiger charge is -2.03. The molecule has 0 saturated heterocycles. The summed E-state index contributed by atoms with van der Waals surface area (Å²) in [7, 11) is 0. The Labute approximate surface area is 119 Å². The van der Waals surface area contributed by atoms with Gasteiger partial charge in [-0.25, -0.2) is 4.39 Å². The largest absolute Gasteiger partial charge is 0.207 e. The molecule has 0 aliphatic heterocycles. The lowest BCUT2D eigenvalue weighted by molar-refractivity contribution is 0.565. The lowest BCUT2D eigenvalue weighted by Crippen LogP contribution is -1.90. The van der Waals surface area contributed by atoms with Crippen molar-refractivity contribution >= 4 is 15.9 Å². The van der Waals surface area contributed by atoms with Crippen LogP contribution in [0.15, 0.2) is 24.3 Å². The van der Waals surface area contributed by atoms with E-state index in [9.17, 15) is 4.39 Å². The molecule has 0 aromatic heterocycles. The van der Waals surface area contributed by atoms with E-state index in [-0.39, 0.29) is 5.82 Å². The molecule has 2 heteroatoms. The van der Waals surface area contributed by atoms with Crippen LogP contribution in [0.25, 0.3) is 0 Å². The highest BCUT2D eigenvalue weighted by molar-refractivity contribution is 9.09. The van der Waals surface area contributed by atoms with Gasteiger partial charge in [-0.05, 0) is 30.9 Å². The van der Waals surface area contributed by atoms with Crippen LogP contribution >= 0.6 is 15.9 Å². The van der Waals surface area contributed by atoms with Gasteiger partial charge in [0, 0.05) is 5.33 Å². The quantitative estimate of drug-likeness (QED) is 0.373. The maximum Gasteiger partial charge on any atom is 0.126 e. The zero-order valence-electron chi connectivity index (χ0n) is 11.1. The van der Waals surface area contributed by atoms with Gasteiger partial charge in [0.15, 0.2) is 0 Å². The molecular weight excluding hydrogens is 291 g/mol. The van der Waals surface area contributed by atoms with Crippen LogP contribution in [0.2, 0.25) is 0 Å². The Morgan fingerprint density at radius 2 is 1.33 bits per heavy atom. The Morgan fingerprint density at radius 1 is 0.778 bits per heavy atom. The molecule has 0 aliphatic rings. The summed E-state index contributed by atoms with van der Waals surface area (Å²) in [4.78, 5) is 0. The monoisotopic (exact) mass is 314 g/mol. The summed E-state index contributed by atoms with van der Waals surface area (Å²) >= 11 is 3.45. The first-order valence-electron chi connectivity index (χ1n) is 7.14. The van der Waals surface area contributed by atoms with E-state index in [1.807, 2.05) is 12.1 Å². The third-order valence-corrected chi connectivity index (χ3v) is 3.85. The molecule has 0 radical (unpaired) electrons. The molecule has 1 aromatic rings. The average Bonchev–Trinajstić information content (AvgIpc) is 2.39. The number of halogens is 2. The molecule has 1 rings (SSSR count). The van der Waals surface area contributed by atoms with E-state index in [2.05, 4.69) is 15.9 Å². The second kappa shape index (κ2) is 10.5. The van der Waals surface area contributed by atoms with Crippen molar-refractivity contribution in [2.75, 3.05) is 5.33 Å². The highest BCUT2D eigenvalue weighted by Gasteiger charge is 1.99. The fraction of sp³-hybridized carbons (Fsp3) is 0.625. The van der Waals surface area contributed by atoms with Gasteiger partial charge in [-0.1, -0.05) is 72.7 Å². The molecular formula is C16H24BrF. The van der Waals surface area contributed by atoms with Crippen molar-refractivity contribution in [2.45, 2.75) is 57.8 Å². The molecule has 0 nitrogen and oxygen atoms in total. The summed E-state index contributed by atoms with van der Waals surface area (Å²) in [5.41, 5.74) is 0.870. The molecule has 0 spiro atoms. The molecule has 18 heavy (non-hydrogen) atoms. The summed E-state index contributed by atoms with van der Waals surface area (Å²) in [6.45, 7) is 0. The third-order valence-electron chi connectivity index (χ3n) is 3.29. The van der Waals surface area contributed by atoms with E-state index >= 15 is 0 Å². The normalized spacial score (nSPS) is 10.8. The predicted octanol–water partition coefficient (Wildman–Crippen LogP) is 5.88. The van der Waals surface area contributed by atoms with Crippen molar-refractivity contribution in [3.05, 3.63) is 35.6 Å². The number of hydrogen-bond acceptors (Lipinski definition) is 0. The van der Waals surface area contributed by atoms with Crippen LogP contribution in [0, 0.1) is 5.82 Å². The molecule has 0 saturated carbocycles. The SMILES string of the molecule is Fc1ccccc1CCCCCCCCCCBr. The van der Waals surface area contributed by atoms with Crippen molar-refractivity contribution in [1.82, 2.24) is 0 Å². The molecule has 0 unspecified atom stereocenters. The topological polar surface area (TPSA) is 0 Å². The Kier molecular flexibility index (Phi) is 9.19. The first kappa shape index (κ1) is 15.7. The van der Waals surface area contributed by atoms with Gasteiger partial charge in [-0.15, -0.1) is 0 Å². The van der Waals surface area contributed by atoms with Gasteiger partial charge >= 0.3 is 0 Å². The minimum absolute atomic E-state index is 0.0488. The molecule has 0 heterocycles. The van der Waals surface area contributed by atoms with E-state index in [0.29, 0.717) is 0 Å². The van der Waals surface area contributed by atoms with E-state index in [0.717, 1.165) is 23.7 Å².